The summed E-state index contributed by atoms with van der Waals surface area (Å²) >= 11 is 1.43. The number of rotatable bonds is 9. The fourth-order valence-corrected chi connectivity index (χ4v) is 7.88. The molecule has 0 bridgehead atoms. The first-order chi connectivity index (χ1) is 24.3. The Hall–Kier alpha value is -5.14. The zero-order valence-corrected chi connectivity index (χ0v) is 28.6. The highest BCUT2D eigenvalue weighted by molar-refractivity contribution is 7.14. The predicted octanol–water partition coefficient (Wildman–Crippen LogP) is 6.39. The molecule has 13 heteroatoms. The number of aryl methyl sites for hydroxylation is 1. The Labute approximate surface area is 291 Å². The molecule has 0 radical (unpaired) electrons. The third kappa shape index (κ3) is 6.22. The lowest BCUT2D eigenvalue weighted by molar-refractivity contribution is -0.123. The first-order valence-corrected chi connectivity index (χ1v) is 17.8. The van der Waals surface area contributed by atoms with Gasteiger partial charge in [-0.1, -0.05) is 18.6 Å². The van der Waals surface area contributed by atoms with Gasteiger partial charge in [0.25, 0.3) is 5.91 Å². The van der Waals surface area contributed by atoms with Crippen LogP contribution in [0.3, 0.4) is 0 Å². The smallest absolute Gasteiger partial charge is 0.251 e. The number of nitrogens with one attached hydrogen (secondary N) is 3. The molecule has 3 aromatic carbocycles. The van der Waals surface area contributed by atoms with Crippen LogP contribution in [0.4, 0.5) is 9.52 Å². The molecule has 256 valence electrons. The molecule has 50 heavy (non-hydrogen) atoms. The van der Waals surface area contributed by atoms with Crippen molar-refractivity contribution in [2.24, 2.45) is 7.05 Å². The molecular formula is C37H37FN8O3S. The topological polar surface area (TPSA) is 130 Å². The number of anilines is 1. The van der Waals surface area contributed by atoms with Gasteiger partial charge in [0.15, 0.2) is 5.13 Å². The molecule has 1 aliphatic carbocycles. The van der Waals surface area contributed by atoms with E-state index in [0.717, 1.165) is 51.6 Å². The van der Waals surface area contributed by atoms with Crippen molar-refractivity contribution in [1.82, 2.24) is 35.2 Å². The Morgan fingerprint density at radius 2 is 1.98 bits per heavy atom. The van der Waals surface area contributed by atoms with Crippen molar-refractivity contribution in [1.29, 1.82) is 0 Å². The molecular weight excluding hydrogens is 656 g/mol. The summed E-state index contributed by atoms with van der Waals surface area (Å²) in [5.74, 6) is 0.0447. The Balaban J connectivity index is 1.01. The van der Waals surface area contributed by atoms with Crippen molar-refractivity contribution < 1.29 is 18.7 Å². The van der Waals surface area contributed by atoms with Gasteiger partial charge >= 0.3 is 0 Å². The van der Waals surface area contributed by atoms with E-state index >= 15 is 4.39 Å². The molecule has 2 amide bonds. The average molecular weight is 693 g/mol. The van der Waals surface area contributed by atoms with Crippen LogP contribution in [-0.2, 0) is 18.4 Å². The van der Waals surface area contributed by atoms with E-state index in [-0.39, 0.29) is 24.4 Å². The summed E-state index contributed by atoms with van der Waals surface area (Å²) in [6.45, 7) is 0.480. The molecule has 3 aromatic heterocycles. The number of amides is 2. The Morgan fingerprint density at radius 1 is 1.10 bits per heavy atom. The molecule has 2 fully saturated rings. The first-order valence-electron chi connectivity index (χ1n) is 16.9. The van der Waals surface area contributed by atoms with Crippen LogP contribution in [0.5, 0.6) is 5.75 Å². The number of halogens is 1. The fraction of sp³-hybridized carbons (Fsp3) is 0.324. The molecule has 1 saturated heterocycles. The SMILES string of the molecule is COc1cccc(F)c1CN1C[C@H](NC(=O)c2ccc3[nH]nc(-c4ccc5nn(C)cc5c4)c3c2)CC[C@H]1C(=O)Nc1nc(C2CCC2)cs1. The summed E-state index contributed by atoms with van der Waals surface area (Å²) in [4.78, 5) is 34.1. The molecule has 11 nitrogen and oxygen atoms in total. The van der Waals surface area contributed by atoms with Gasteiger partial charge < -0.3 is 15.4 Å². The number of aromatic amines is 1. The molecule has 8 rings (SSSR count). The van der Waals surface area contributed by atoms with E-state index < -0.39 is 11.9 Å². The highest BCUT2D eigenvalue weighted by atomic mass is 32.1. The van der Waals surface area contributed by atoms with Crippen molar-refractivity contribution in [3.8, 4) is 17.0 Å². The van der Waals surface area contributed by atoms with Gasteiger partial charge in [-0.05, 0) is 68.1 Å². The molecule has 2 aliphatic rings. The number of hydrogen-bond donors (Lipinski definition) is 3. The van der Waals surface area contributed by atoms with Crippen LogP contribution in [0.25, 0.3) is 33.1 Å². The number of likely N-dealkylation sites (tertiary alicyclic amines) is 1. The lowest BCUT2D eigenvalue weighted by atomic mass is 9.83. The van der Waals surface area contributed by atoms with Gasteiger partial charge in [-0.3, -0.25) is 24.3 Å². The lowest BCUT2D eigenvalue weighted by Crippen LogP contribution is -2.55. The molecule has 3 N–H and O–H groups in total. The van der Waals surface area contributed by atoms with Gasteiger partial charge in [0.05, 0.1) is 35.6 Å². The zero-order chi connectivity index (χ0) is 34.4. The molecule has 0 unspecified atom stereocenters. The van der Waals surface area contributed by atoms with Gasteiger partial charge in [-0.2, -0.15) is 10.2 Å². The number of aromatic nitrogens is 5. The number of hydrogen-bond acceptors (Lipinski definition) is 8. The summed E-state index contributed by atoms with van der Waals surface area (Å²) in [5.41, 5.74) is 5.27. The number of benzene rings is 3. The minimum absolute atomic E-state index is 0.136. The zero-order valence-electron chi connectivity index (χ0n) is 27.8. The molecule has 1 saturated carbocycles. The maximum absolute atomic E-state index is 15.2. The van der Waals surface area contributed by atoms with Crippen LogP contribution in [-0.4, -0.2) is 67.4 Å². The van der Waals surface area contributed by atoms with Crippen LogP contribution in [0, 0.1) is 5.82 Å². The second-order valence-electron chi connectivity index (χ2n) is 13.2. The number of carbonyl (C=O) groups is 2. The first kappa shape index (κ1) is 32.1. The number of H-pyrrole nitrogens is 1. The van der Waals surface area contributed by atoms with Crippen LogP contribution < -0.4 is 15.4 Å². The van der Waals surface area contributed by atoms with Crippen LogP contribution in [0.1, 0.15) is 59.6 Å². The summed E-state index contributed by atoms with van der Waals surface area (Å²) in [6.07, 6.45) is 6.47. The number of ether oxygens (including phenoxy) is 1. The van der Waals surface area contributed by atoms with Crippen molar-refractivity contribution >= 4 is 50.1 Å². The molecule has 4 heterocycles. The van der Waals surface area contributed by atoms with E-state index in [1.54, 1.807) is 22.9 Å². The van der Waals surface area contributed by atoms with Gasteiger partial charge in [-0.15, -0.1) is 11.3 Å². The molecule has 2 atom stereocenters. The van der Waals surface area contributed by atoms with Crippen molar-refractivity contribution in [3.63, 3.8) is 0 Å². The lowest BCUT2D eigenvalue weighted by Gasteiger charge is -2.39. The maximum atomic E-state index is 15.2. The molecule has 1 aliphatic heterocycles. The quantitative estimate of drug-likeness (QED) is 0.160. The van der Waals surface area contributed by atoms with Crippen LogP contribution >= 0.6 is 11.3 Å². The van der Waals surface area contributed by atoms with E-state index in [2.05, 4.69) is 30.9 Å². The van der Waals surface area contributed by atoms with Gasteiger partial charge in [0, 0.05) is 71.1 Å². The fourth-order valence-electron chi connectivity index (χ4n) is 7.08. The van der Waals surface area contributed by atoms with Crippen LogP contribution in [0.15, 0.2) is 66.2 Å². The van der Waals surface area contributed by atoms with Gasteiger partial charge in [-0.25, -0.2) is 9.37 Å². The van der Waals surface area contributed by atoms with Crippen LogP contribution in [0.2, 0.25) is 0 Å². The normalized spacial score (nSPS) is 18.3. The average Bonchev–Trinajstić information content (AvgIpc) is 3.82. The molecule has 6 aromatic rings. The number of piperidine rings is 1. The highest BCUT2D eigenvalue weighted by Gasteiger charge is 2.35. The Kier molecular flexibility index (Phi) is 8.53. The largest absolute Gasteiger partial charge is 0.496 e. The number of fused-ring (bicyclic) bond motifs is 2. The minimum Gasteiger partial charge on any atom is -0.496 e. The van der Waals surface area contributed by atoms with E-state index in [9.17, 15) is 9.59 Å². The number of carbonyl (C=O) groups excluding carboxylic acids is 2. The summed E-state index contributed by atoms with van der Waals surface area (Å²) in [5, 5.41) is 22.7. The van der Waals surface area contributed by atoms with E-state index in [1.807, 2.05) is 53.9 Å². The predicted molar refractivity (Wildman–Crippen MR) is 191 cm³/mol. The van der Waals surface area contributed by atoms with Crippen molar-refractivity contribution in [3.05, 3.63) is 88.8 Å². The Morgan fingerprint density at radius 3 is 2.80 bits per heavy atom. The number of thiazole rings is 1. The second kappa shape index (κ2) is 13.3. The van der Waals surface area contributed by atoms with E-state index in [0.29, 0.717) is 47.3 Å². The standard InChI is InChI=1S/C37H37FN8O3S/c1-45-17-24-15-22(9-12-29(24)44-45)34-26-16-23(10-13-30(26)42-43-34)35(47)39-25-11-14-32(36(48)41-37-40-31(20-50-37)21-5-3-6-21)46(18-25)19-27-28(38)7-4-8-33(27)49-2/h4,7-10,12-13,15-17,20-21,25,32H,3,5-6,11,14,18-19H2,1-2H3,(H,39,47)(H,42,43)(H,40,41,48)/t25-,32+/m1/s1. The summed E-state index contributed by atoms with van der Waals surface area (Å²) < 4.78 is 22.4. The number of nitrogens with zero attached hydrogens (tertiary/aromatic N) is 5. The minimum atomic E-state index is -0.550. The van der Waals surface area contributed by atoms with Gasteiger partial charge in [0.1, 0.15) is 11.6 Å². The number of methoxy groups -OCH3 is 1. The van der Waals surface area contributed by atoms with Crippen molar-refractivity contribution in [2.45, 2.75) is 56.7 Å². The maximum Gasteiger partial charge on any atom is 0.251 e. The van der Waals surface area contributed by atoms with E-state index in [4.69, 9.17) is 4.74 Å². The van der Waals surface area contributed by atoms with E-state index in [1.165, 1.54) is 30.9 Å². The monoisotopic (exact) mass is 692 g/mol. The summed E-state index contributed by atoms with van der Waals surface area (Å²) in [6, 6.07) is 15.3. The third-order valence-corrected chi connectivity index (χ3v) is 10.7. The third-order valence-electron chi connectivity index (χ3n) is 9.97. The Bertz CT molecular complexity index is 2220. The summed E-state index contributed by atoms with van der Waals surface area (Å²) in [7, 11) is 3.39. The van der Waals surface area contributed by atoms with Gasteiger partial charge in [0.2, 0.25) is 5.91 Å². The molecule has 0 spiro atoms. The highest BCUT2D eigenvalue weighted by Crippen LogP contribution is 2.38. The van der Waals surface area contributed by atoms with Crippen molar-refractivity contribution in [2.75, 3.05) is 19.0 Å². The second-order valence-corrected chi connectivity index (χ2v) is 14.1.